The number of nitrogens with zero attached hydrogens (tertiary/aromatic N) is 1. The topological polar surface area (TPSA) is 52.6 Å². The number of rotatable bonds is 1. The third-order valence-corrected chi connectivity index (χ3v) is 3.12. The van der Waals surface area contributed by atoms with Gasteiger partial charge in [-0.1, -0.05) is 0 Å². The van der Waals surface area contributed by atoms with Crippen molar-refractivity contribution in [2.24, 2.45) is 5.92 Å². The number of fused-ring (bicyclic) bond motifs is 1. The van der Waals surface area contributed by atoms with Gasteiger partial charge >= 0.3 is 5.97 Å². The maximum atomic E-state index is 10.8. The number of carboxylic acids is 1. The summed E-state index contributed by atoms with van der Waals surface area (Å²) in [5.41, 5.74) is 0. The van der Waals surface area contributed by atoms with Crippen LogP contribution in [0.4, 0.5) is 0 Å². The summed E-state index contributed by atoms with van der Waals surface area (Å²) in [6.07, 6.45) is 1.88. The van der Waals surface area contributed by atoms with Crippen LogP contribution in [-0.2, 0) is 4.79 Å². The number of nitrogens with one attached hydrogen (secondary N) is 1. The van der Waals surface area contributed by atoms with Crippen LogP contribution in [-0.4, -0.2) is 48.2 Å². The minimum Gasteiger partial charge on any atom is -0.481 e. The lowest BCUT2D eigenvalue weighted by atomic mass is 9.92. The lowest BCUT2D eigenvalue weighted by Gasteiger charge is -2.41. The maximum Gasteiger partial charge on any atom is 0.307 e. The van der Waals surface area contributed by atoms with Crippen molar-refractivity contribution in [1.82, 2.24) is 10.2 Å². The van der Waals surface area contributed by atoms with Gasteiger partial charge in [-0.3, -0.25) is 9.69 Å². The Morgan fingerprint density at radius 2 is 2.07 bits per heavy atom. The Balaban J connectivity index is 0.000000980. The molecule has 2 N–H and O–H groups in total. The van der Waals surface area contributed by atoms with Gasteiger partial charge in [-0.15, -0.1) is 24.8 Å². The van der Waals surface area contributed by atoms with Crippen molar-refractivity contribution in [2.45, 2.75) is 18.9 Å². The van der Waals surface area contributed by atoms with Gasteiger partial charge < -0.3 is 10.4 Å². The molecule has 2 rings (SSSR count). The van der Waals surface area contributed by atoms with Crippen LogP contribution >= 0.6 is 24.8 Å². The predicted octanol–water partition coefficient (Wildman–Crippen LogP) is 0.598. The Hall–Kier alpha value is -0.0300. The summed E-state index contributed by atoms with van der Waals surface area (Å²) in [7, 11) is 0. The van der Waals surface area contributed by atoms with Gasteiger partial charge in [0.05, 0.1) is 5.92 Å². The molecule has 0 spiro atoms. The predicted molar refractivity (Wildman–Crippen MR) is 63.1 cm³/mol. The van der Waals surface area contributed by atoms with Gasteiger partial charge in [0.2, 0.25) is 0 Å². The smallest absolute Gasteiger partial charge is 0.307 e. The van der Waals surface area contributed by atoms with E-state index >= 15 is 0 Å². The van der Waals surface area contributed by atoms with E-state index in [9.17, 15) is 4.79 Å². The summed E-state index contributed by atoms with van der Waals surface area (Å²) < 4.78 is 0. The molecule has 0 aromatic rings. The number of carboxylic acid groups (broad SMARTS) is 1. The molecule has 2 fully saturated rings. The van der Waals surface area contributed by atoms with Gasteiger partial charge in [0.25, 0.3) is 0 Å². The summed E-state index contributed by atoms with van der Waals surface area (Å²) in [6, 6.07) is 0.587. The SMILES string of the molecule is Cl.Cl.O=C(O)[C@@H]1CC[C@@H]2CNCCN2C1. The molecular formula is C9H18Cl2N2O2. The van der Waals surface area contributed by atoms with Gasteiger partial charge in [-0.2, -0.15) is 0 Å². The van der Waals surface area contributed by atoms with Gasteiger partial charge in [0.1, 0.15) is 0 Å². The molecule has 2 atom stereocenters. The first-order valence-electron chi connectivity index (χ1n) is 4.95. The van der Waals surface area contributed by atoms with E-state index in [1.165, 1.54) is 0 Å². The zero-order valence-corrected chi connectivity index (χ0v) is 10.1. The monoisotopic (exact) mass is 256 g/mol. The van der Waals surface area contributed by atoms with E-state index in [0.29, 0.717) is 6.04 Å². The summed E-state index contributed by atoms with van der Waals surface area (Å²) in [5, 5.41) is 12.2. The van der Waals surface area contributed by atoms with Crippen LogP contribution < -0.4 is 5.32 Å². The average molecular weight is 257 g/mol. The van der Waals surface area contributed by atoms with Crippen molar-refractivity contribution in [3.05, 3.63) is 0 Å². The highest BCUT2D eigenvalue weighted by atomic mass is 35.5. The lowest BCUT2D eigenvalue weighted by Crippen LogP contribution is -2.55. The number of hydrogen-bond donors (Lipinski definition) is 2. The number of aliphatic carboxylic acids is 1. The molecule has 2 saturated heterocycles. The molecule has 2 heterocycles. The highest BCUT2D eigenvalue weighted by molar-refractivity contribution is 5.85. The highest BCUT2D eigenvalue weighted by Gasteiger charge is 2.32. The molecule has 0 radical (unpaired) electrons. The van der Waals surface area contributed by atoms with Gasteiger partial charge in [-0.05, 0) is 12.8 Å². The molecule has 2 aliphatic rings. The molecule has 0 aromatic heterocycles. The molecule has 15 heavy (non-hydrogen) atoms. The maximum absolute atomic E-state index is 10.8. The Morgan fingerprint density at radius 1 is 1.33 bits per heavy atom. The van der Waals surface area contributed by atoms with E-state index in [1.54, 1.807) is 0 Å². The zero-order chi connectivity index (χ0) is 9.26. The zero-order valence-electron chi connectivity index (χ0n) is 8.52. The first-order chi connectivity index (χ1) is 6.27. The van der Waals surface area contributed by atoms with Gasteiger partial charge in [-0.25, -0.2) is 0 Å². The molecule has 4 nitrogen and oxygen atoms in total. The van der Waals surface area contributed by atoms with Crippen LogP contribution in [0.1, 0.15) is 12.8 Å². The fourth-order valence-electron chi connectivity index (χ4n) is 2.30. The Bertz CT molecular complexity index is 216. The Labute approximate surface area is 102 Å². The fourth-order valence-corrected chi connectivity index (χ4v) is 2.30. The van der Waals surface area contributed by atoms with Crippen molar-refractivity contribution in [1.29, 1.82) is 0 Å². The highest BCUT2D eigenvalue weighted by Crippen LogP contribution is 2.22. The van der Waals surface area contributed by atoms with Crippen molar-refractivity contribution < 1.29 is 9.90 Å². The van der Waals surface area contributed by atoms with Crippen molar-refractivity contribution >= 4 is 30.8 Å². The van der Waals surface area contributed by atoms with Gasteiger partial charge in [0, 0.05) is 32.2 Å². The molecule has 0 bridgehead atoms. The van der Waals surface area contributed by atoms with Crippen LogP contribution in [0.25, 0.3) is 0 Å². The molecule has 0 saturated carbocycles. The second-order valence-electron chi connectivity index (χ2n) is 3.97. The van der Waals surface area contributed by atoms with Crippen LogP contribution in [0.5, 0.6) is 0 Å². The number of hydrogen-bond acceptors (Lipinski definition) is 3. The van der Waals surface area contributed by atoms with Crippen molar-refractivity contribution in [3.8, 4) is 0 Å². The van der Waals surface area contributed by atoms with Crippen molar-refractivity contribution in [3.63, 3.8) is 0 Å². The van der Waals surface area contributed by atoms with Crippen LogP contribution in [0.15, 0.2) is 0 Å². The van der Waals surface area contributed by atoms with Crippen LogP contribution in [0.3, 0.4) is 0 Å². The largest absolute Gasteiger partial charge is 0.481 e. The third-order valence-electron chi connectivity index (χ3n) is 3.12. The lowest BCUT2D eigenvalue weighted by molar-refractivity contribution is -0.144. The van der Waals surface area contributed by atoms with Crippen molar-refractivity contribution in [2.75, 3.05) is 26.2 Å². The quantitative estimate of drug-likeness (QED) is 0.722. The molecule has 0 amide bonds. The number of carbonyl (C=O) groups is 1. The first-order valence-corrected chi connectivity index (χ1v) is 4.95. The van der Waals surface area contributed by atoms with E-state index in [0.717, 1.165) is 39.0 Å². The van der Waals surface area contributed by atoms with E-state index in [2.05, 4.69) is 10.2 Å². The number of halogens is 2. The summed E-state index contributed by atoms with van der Waals surface area (Å²) >= 11 is 0. The fraction of sp³-hybridized carbons (Fsp3) is 0.889. The summed E-state index contributed by atoms with van der Waals surface area (Å²) in [5.74, 6) is -0.758. The Morgan fingerprint density at radius 3 is 2.73 bits per heavy atom. The molecule has 90 valence electrons. The summed E-state index contributed by atoms with van der Waals surface area (Å²) in [4.78, 5) is 13.1. The first kappa shape index (κ1) is 15.0. The van der Waals surface area contributed by atoms with E-state index in [1.807, 2.05) is 0 Å². The van der Waals surface area contributed by atoms with Gasteiger partial charge in [0.15, 0.2) is 0 Å². The molecule has 0 unspecified atom stereocenters. The third kappa shape index (κ3) is 3.48. The van der Waals surface area contributed by atoms with Crippen LogP contribution in [0.2, 0.25) is 0 Å². The average Bonchev–Trinajstić information content (AvgIpc) is 2.17. The molecule has 0 aliphatic carbocycles. The summed E-state index contributed by atoms with van der Waals surface area (Å²) in [6.45, 7) is 3.80. The molecule has 0 aromatic carbocycles. The second-order valence-corrected chi connectivity index (χ2v) is 3.97. The Kier molecular flexibility index (Phi) is 6.52. The van der Waals surface area contributed by atoms with Crippen LogP contribution in [0, 0.1) is 5.92 Å². The number of piperazine rings is 1. The second kappa shape index (κ2) is 6.53. The minimum atomic E-state index is -0.628. The molecule has 6 heteroatoms. The molecule has 2 aliphatic heterocycles. The normalized spacial score (nSPS) is 30.7. The van der Waals surface area contributed by atoms with E-state index < -0.39 is 5.97 Å². The number of piperidine rings is 1. The molecular weight excluding hydrogens is 239 g/mol. The standard InChI is InChI=1S/C9H16N2O2.2ClH/c12-9(13)7-1-2-8-5-10-3-4-11(8)6-7;;/h7-8,10H,1-6H2,(H,12,13);2*1H/t7-,8-;;/m1../s1. The van der Waals surface area contributed by atoms with E-state index in [-0.39, 0.29) is 30.7 Å². The van der Waals surface area contributed by atoms with E-state index in [4.69, 9.17) is 5.11 Å². The minimum absolute atomic E-state index is 0.